The summed E-state index contributed by atoms with van der Waals surface area (Å²) in [7, 11) is 0. The lowest BCUT2D eigenvalue weighted by molar-refractivity contribution is -0.143. The molecule has 2 amide bonds. The van der Waals surface area contributed by atoms with Gasteiger partial charge in [-0.25, -0.2) is 0 Å². The Labute approximate surface area is 190 Å². The van der Waals surface area contributed by atoms with E-state index in [0.717, 1.165) is 5.56 Å². The number of ketones is 2. The molecule has 7 heteroatoms. The summed E-state index contributed by atoms with van der Waals surface area (Å²) in [5.41, 5.74) is 1.56. The Kier molecular flexibility index (Phi) is 6.89. The lowest BCUT2D eigenvalue weighted by Crippen LogP contribution is -2.56. The van der Waals surface area contributed by atoms with E-state index in [1.807, 2.05) is 26.0 Å². The molecule has 0 aliphatic carbocycles. The summed E-state index contributed by atoms with van der Waals surface area (Å²) in [5.74, 6) is -0.785. The third kappa shape index (κ3) is 4.93. The average molecular weight is 442 g/mol. The SMILES string of the molecule is CC(=O)C1CC2NCC(=O)C2N1C(=O)[C@H](CC(C)C)NC(=O)c1ccc(C(C)(C)C)cc1. The van der Waals surface area contributed by atoms with Gasteiger partial charge in [0.25, 0.3) is 5.91 Å². The van der Waals surface area contributed by atoms with Crippen LogP contribution in [0.4, 0.5) is 0 Å². The van der Waals surface area contributed by atoms with Crippen LogP contribution in [0.15, 0.2) is 24.3 Å². The summed E-state index contributed by atoms with van der Waals surface area (Å²) in [6.07, 6.45) is 0.846. The first-order chi connectivity index (χ1) is 14.9. The molecule has 3 rings (SSSR count). The summed E-state index contributed by atoms with van der Waals surface area (Å²) >= 11 is 0. The number of nitrogens with zero attached hydrogens (tertiary/aromatic N) is 1. The van der Waals surface area contributed by atoms with Crippen molar-refractivity contribution < 1.29 is 19.2 Å². The van der Waals surface area contributed by atoms with Crippen LogP contribution >= 0.6 is 0 Å². The van der Waals surface area contributed by atoms with Gasteiger partial charge in [0.2, 0.25) is 5.91 Å². The minimum Gasteiger partial charge on any atom is -0.340 e. The molecule has 2 aliphatic rings. The Hall–Kier alpha value is -2.54. The highest BCUT2D eigenvalue weighted by molar-refractivity contribution is 6.01. The zero-order chi connectivity index (χ0) is 23.8. The van der Waals surface area contributed by atoms with Gasteiger partial charge >= 0.3 is 0 Å². The summed E-state index contributed by atoms with van der Waals surface area (Å²) in [4.78, 5) is 52.8. The van der Waals surface area contributed by atoms with Gasteiger partial charge in [-0.05, 0) is 48.8 Å². The summed E-state index contributed by atoms with van der Waals surface area (Å²) < 4.78 is 0. The second-order valence-corrected chi connectivity index (χ2v) is 10.5. The maximum atomic E-state index is 13.6. The van der Waals surface area contributed by atoms with Crippen molar-refractivity contribution in [3.8, 4) is 0 Å². The summed E-state index contributed by atoms with van der Waals surface area (Å²) in [5, 5.41) is 6.00. The zero-order valence-electron chi connectivity index (χ0n) is 19.9. The number of benzene rings is 1. The molecule has 32 heavy (non-hydrogen) atoms. The van der Waals surface area contributed by atoms with Crippen molar-refractivity contribution in [2.45, 2.75) is 84.0 Å². The molecule has 4 atom stereocenters. The van der Waals surface area contributed by atoms with Crippen LogP contribution in [0, 0.1) is 5.92 Å². The van der Waals surface area contributed by atoms with Crippen molar-refractivity contribution in [1.29, 1.82) is 0 Å². The Morgan fingerprint density at radius 3 is 2.31 bits per heavy atom. The van der Waals surface area contributed by atoms with Gasteiger partial charge < -0.3 is 15.5 Å². The molecule has 1 aromatic rings. The fraction of sp³-hybridized carbons (Fsp3) is 0.600. The van der Waals surface area contributed by atoms with E-state index in [-0.39, 0.29) is 47.3 Å². The number of amides is 2. The monoisotopic (exact) mass is 441 g/mol. The number of hydrogen-bond acceptors (Lipinski definition) is 5. The van der Waals surface area contributed by atoms with E-state index in [1.165, 1.54) is 11.8 Å². The smallest absolute Gasteiger partial charge is 0.251 e. The lowest BCUT2D eigenvalue weighted by atomic mass is 9.86. The van der Waals surface area contributed by atoms with Crippen molar-refractivity contribution in [2.75, 3.05) is 6.54 Å². The van der Waals surface area contributed by atoms with Crippen molar-refractivity contribution in [3.05, 3.63) is 35.4 Å². The van der Waals surface area contributed by atoms with Gasteiger partial charge in [0.05, 0.1) is 12.6 Å². The largest absolute Gasteiger partial charge is 0.340 e. The number of rotatable bonds is 6. The third-order valence-electron chi connectivity index (χ3n) is 6.41. The third-order valence-corrected chi connectivity index (χ3v) is 6.41. The molecule has 174 valence electrons. The topological polar surface area (TPSA) is 95.6 Å². The number of nitrogens with one attached hydrogen (secondary N) is 2. The molecule has 3 unspecified atom stereocenters. The number of carbonyl (C=O) groups is 4. The maximum Gasteiger partial charge on any atom is 0.251 e. The molecule has 1 aromatic carbocycles. The molecule has 0 bridgehead atoms. The molecule has 0 aromatic heterocycles. The lowest BCUT2D eigenvalue weighted by Gasteiger charge is -2.32. The Bertz CT molecular complexity index is 901. The molecule has 0 radical (unpaired) electrons. The summed E-state index contributed by atoms with van der Waals surface area (Å²) in [6.45, 7) is 11.9. The first kappa shape index (κ1) is 24.1. The zero-order valence-corrected chi connectivity index (χ0v) is 19.9. The second-order valence-electron chi connectivity index (χ2n) is 10.5. The van der Waals surface area contributed by atoms with Crippen LogP contribution in [0.3, 0.4) is 0 Å². The highest BCUT2D eigenvalue weighted by atomic mass is 16.2. The predicted octanol–water partition coefficient (Wildman–Crippen LogP) is 2.23. The normalized spacial score (nSPS) is 23.9. The molecule has 0 spiro atoms. The van der Waals surface area contributed by atoms with Gasteiger partial charge in [0, 0.05) is 11.6 Å². The van der Waals surface area contributed by atoms with E-state index in [4.69, 9.17) is 0 Å². The van der Waals surface area contributed by atoms with Gasteiger partial charge in [-0.2, -0.15) is 0 Å². The molecule has 0 saturated carbocycles. The first-order valence-corrected chi connectivity index (χ1v) is 11.4. The van der Waals surface area contributed by atoms with Crippen LogP contribution in [-0.2, 0) is 19.8 Å². The van der Waals surface area contributed by atoms with Crippen LogP contribution in [0.25, 0.3) is 0 Å². The van der Waals surface area contributed by atoms with Crippen LogP contribution in [0.1, 0.15) is 70.3 Å². The fourth-order valence-electron chi connectivity index (χ4n) is 4.67. The number of carbonyl (C=O) groups excluding carboxylic acids is 4. The van der Waals surface area contributed by atoms with Gasteiger partial charge in [-0.1, -0.05) is 46.8 Å². The molecule has 7 nitrogen and oxygen atoms in total. The molecular weight excluding hydrogens is 406 g/mol. The van der Waals surface area contributed by atoms with Crippen molar-refractivity contribution in [1.82, 2.24) is 15.5 Å². The Morgan fingerprint density at radius 1 is 1.16 bits per heavy atom. The van der Waals surface area contributed by atoms with E-state index in [0.29, 0.717) is 18.4 Å². The standard InChI is InChI=1S/C25H35N3O4/c1-14(2)11-19(27-23(31)16-7-9-17(10-8-16)25(4,5)6)24(32)28-20(15(3)29)12-18-22(28)21(30)13-26-18/h7-10,14,18-20,22,26H,11-13H2,1-6H3,(H,27,31)/t18?,19-,20?,22?/m0/s1. The number of fused-ring (bicyclic) bond motifs is 1. The number of Topliss-reactive ketones (excluding diaryl/α,β-unsaturated/α-hetero) is 2. The molecule has 2 saturated heterocycles. The molecule has 2 heterocycles. The van der Waals surface area contributed by atoms with Crippen LogP contribution in [0.2, 0.25) is 0 Å². The highest BCUT2D eigenvalue weighted by Crippen LogP contribution is 2.30. The second kappa shape index (κ2) is 9.14. The Morgan fingerprint density at radius 2 is 1.78 bits per heavy atom. The maximum absolute atomic E-state index is 13.6. The van der Waals surface area contributed by atoms with Gasteiger partial charge in [0.15, 0.2) is 11.6 Å². The summed E-state index contributed by atoms with van der Waals surface area (Å²) in [6, 6.07) is 5.07. The fourth-order valence-corrected chi connectivity index (χ4v) is 4.67. The number of hydrogen-bond donors (Lipinski definition) is 2. The van der Waals surface area contributed by atoms with Gasteiger partial charge in [-0.15, -0.1) is 0 Å². The average Bonchev–Trinajstić information content (AvgIpc) is 3.26. The van der Waals surface area contributed by atoms with Crippen LogP contribution < -0.4 is 10.6 Å². The van der Waals surface area contributed by atoms with Gasteiger partial charge in [-0.3, -0.25) is 19.2 Å². The van der Waals surface area contributed by atoms with E-state index < -0.39 is 18.1 Å². The van der Waals surface area contributed by atoms with E-state index in [2.05, 4.69) is 31.4 Å². The minimum absolute atomic E-state index is 0.0268. The first-order valence-electron chi connectivity index (χ1n) is 11.4. The number of likely N-dealkylation sites (tertiary alicyclic amines) is 1. The van der Waals surface area contributed by atoms with Crippen molar-refractivity contribution in [3.63, 3.8) is 0 Å². The molecule has 2 aliphatic heterocycles. The molecule has 2 fully saturated rings. The minimum atomic E-state index is -0.807. The van der Waals surface area contributed by atoms with Crippen LogP contribution in [-0.4, -0.2) is 59.0 Å². The molecular formula is C25H35N3O4. The van der Waals surface area contributed by atoms with Crippen LogP contribution in [0.5, 0.6) is 0 Å². The van der Waals surface area contributed by atoms with E-state index >= 15 is 0 Å². The Balaban J connectivity index is 1.83. The van der Waals surface area contributed by atoms with E-state index in [1.54, 1.807) is 12.1 Å². The van der Waals surface area contributed by atoms with Crippen molar-refractivity contribution in [2.24, 2.45) is 5.92 Å². The quantitative estimate of drug-likeness (QED) is 0.706. The highest BCUT2D eigenvalue weighted by Gasteiger charge is 2.52. The molecule has 2 N–H and O–H groups in total. The predicted molar refractivity (Wildman–Crippen MR) is 122 cm³/mol. The van der Waals surface area contributed by atoms with Gasteiger partial charge in [0.1, 0.15) is 12.1 Å². The van der Waals surface area contributed by atoms with E-state index in [9.17, 15) is 19.2 Å². The van der Waals surface area contributed by atoms with Crippen molar-refractivity contribution >= 4 is 23.4 Å².